The Morgan fingerprint density at radius 2 is 1.65 bits per heavy atom. The molecule has 1 heterocycles. The van der Waals surface area contributed by atoms with Gasteiger partial charge in [-0.2, -0.15) is 0 Å². The first-order valence-corrected chi connectivity index (χ1v) is 9.50. The number of ether oxygens (including phenoxy) is 1. The van der Waals surface area contributed by atoms with Crippen LogP contribution in [0.3, 0.4) is 0 Å². The second-order valence-corrected chi connectivity index (χ2v) is 7.78. The van der Waals surface area contributed by atoms with E-state index >= 15 is 0 Å². The lowest BCUT2D eigenvalue weighted by molar-refractivity contribution is 0.0952. The Bertz CT molecular complexity index is 803. The van der Waals surface area contributed by atoms with Crippen molar-refractivity contribution in [1.82, 2.24) is 4.90 Å². The number of hydrogen-bond donors (Lipinski definition) is 1. The van der Waals surface area contributed by atoms with Gasteiger partial charge in [-0.1, -0.05) is 48.5 Å². The van der Waals surface area contributed by atoms with Gasteiger partial charge in [0.1, 0.15) is 6.61 Å². The van der Waals surface area contributed by atoms with Gasteiger partial charge >= 0.3 is 6.09 Å². The van der Waals surface area contributed by atoms with Crippen LogP contribution in [0.15, 0.2) is 48.5 Å². The molecule has 134 valence electrons. The highest BCUT2D eigenvalue weighted by Crippen LogP contribution is 2.44. The van der Waals surface area contributed by atoms with Gasteiger partial charge in [0.15, 0.2) is 0 Å². The van der Waals surface area contributed by atoms with Crippen LogP contribution in [0.5, 0.6) is 0 Å². The molecule has 4 nitrogen and oxygen atoms in total. The molecule has 3 atom stereocenters. The molecule has 0 aromatic heterocycles. The smallest absolute Gasteiger partial charge is 0.409 e. The van der Waals surface area contributed by atoms with Crippen LogP contribution in [-0.2, 0) is 4.74 Å². The number of aliphatic hydroxyl groups is 1. The zero-order valence-corrected chi connectivity index (χ0v) is 14.7. The zero-order chi connectivity index (χ0) is 17.7. The lowest BCUT2D eigenvalue weighted by atomic mass is 9.98. The first kappa shape index (κ1) is 15.9. The summed E-state index contributed by atoms with van der Waals surface area (Å²) in [6.07, 6.45) is 1.38. The Hall–Kier alpha value is -2.33. The van der Waals surface area contributed by atoms with Crippen LogP contribution >= 0.6 is 0 Å². The van der Waals surface area contributed by atoms with Gasteiger partial charge in [0.05, 0.1) is 6.10 Å². The van der Waals surface area contributed by atoms with Crippen molar-refractivity contribution >= 4 is 6.09 Å². The fourth-order valence-corrected chi connectivity index (χ4v) is 5.07. The van der Waals surface area contributed by atoms with E-state index in [4.69, 9.17) is 4.74 Å². The first-order chi connectivity index (χ1) is 12.7. The second-order valence-electron chi connectivity index (χ2n) is 7.78. The second kappa shape index (κ2) is 6.13. The van der Waals surface area contributed by atoms with Crippen LogP contribution < -0.4 is 0 Å². The largest absolute Gasteiger partial charge is 0.448 e. The van der Waals surface area contributed by atoms with Crippen LogP contribution in [0.25, 0.3) is 11.1 Å². The van der Waals surface area contributed by atoms with Crippen LogP contribution in [0, 0.1) is 11.8 Å². The maximum Gasteiger partial charge on any atom is 0.409 e. The molecule has 3 aliphatic rings. The van der Waals surface area contributed by atoms with Crippen molar-refractivity contribution in [3.8, 4) is 11.1 Å². The molecular weight excluding hydrogens is 326 g/mol. The maximum atomic E-state index is 12.6. The van der Waals surface area contributed by atoms with Crippen LogP contribution in [0.4, 0.5) is 4.79 Å². The van der Waals surface area contributed by atoms with Gasteiger partial charge in [-0.25, -0.2) is 4.79 Å². The molecule has 0 bridgehead atoms. The number of rotatable bonds is 2. The summed E-state index contributed by atoms with van der Waals surface area (Å²) in [7, 11) is 0. The van der Waals surface area contributed by atoms with Crippen LogP contribution in [-0.4, -0.2) is 41.9 Å². The number of nitrogens with zero attached hydrogens (tertiary/aromatic N) is 1. The van der Waals surface area contributed by atoms with Crippen molar-refractivity contribution in [3.05, 3.63) is 59.7 Å². The number of hydrogen-bond acceptors (Lipinski definition) is 3. The van der Waals surface area contributed by atoms with Crippen molar-refractivity contribution in [2.75, 3.05) is 19.7 Å². The summed E-state index contributed by atoms with van der Waals surface area (Å²) in [6, 6.07) is 16.7. The molecular formula is C22H23NO3. The van der Waals surface area contributed by atoms with E-state index in [1.165, 1.54) is 22.3 Å². The summed E-state index contributed by atoms with van der Waals surface area (Å²) < 4.78 is 5.73. The summed E-state index contributed by atoms with van der Waals surface area (Å²) in [5.74, 6) is 0.764. The van der Waals surface area contributed by atoms with Gasteiger partial charge in [-0.05, 0) is 41.0 Å². The third-order valence-corrected chi connectivity index (χ3v) is 6.41. The van der Waals surface area contributed by atoms with E-state index in [1.54, 1.807) is 4.90 Å². The average Bonchev–Trinajstić information content (AvgIpc) is 3.33. The van der Waals surface area contributed by atoms with E-state index in [0.717, 1.165) is 19.4 Å². The van der Waals surface area contributed by atoms with Gasteiger partial charge in [0, 0.05) is 24.9 Å². The minimum Gasteiger partial charge on any atom is -0.448 e. The molecule has 2 fully saturated rings. The molecule has 2 aromatic carbocycles. The normalized spacial score (nSPS) is 26.5. The summed E-state index contributed by atoms with van der Waals surface area (Å²) >= 11 is 0. The van der Waals surface area contributed by atoms with Crippen LogP contribution in [0.2, 0.25) is 0 Å². The van der Waals surface area contributed by atoms with Gasteiger partial charge < -0.3 is 14.7 Å². The van der Waals surface area contributed by atoms with Gasteiger partial charge in [0.2, 0.25) is 0 Å². The summed E-state index contributed by atoms with van der Waals surface area (Å²) in [5, 5.41) is 10.0. The monoisotopic (exact) mass is 349 g/mol. The predicted octanol–water partition coefficient (Wildman–Crippen LogP) is 3.64. The zero-order valence-electron chi connectivity index (χ0n) is 14.7. The average molecular weight is 349 g/mol. The van der Waals surface area contributed by atoms with Gasteiger partial charge in [0.25, 0.3) is 0 Å². The molecule has 1 N–H and O–H groups in total. The molecule has 5 rings (SSSR count). The lowest BCUT2D eigenvalue weighted by Gasteiger charge is -2.20. The molecule has 26 heavy (non-hydrogen) atoms. The van der Waals surface area contributed by atoms with Crippen molar-refractivity contribution in [1.29, 1.82) is 0 Å². The van der Waals surface area contributed by atoms with Gasteiger partial charge in [-0.15, -0.1) is 0 Å². The summed E-state index contributed by atoms with van der Waals surface area (Å²) in [4.78, 5) is 14.4. The summed E-state index contributed by atoms with van der Waals surface area (Å²) in [6.45, 7) is 1.71. The molecule has 1 amide bonds. The number of carbonyl (C=O) groups is 1. The standard InChI is InChI=1S/C22H23NO3/c24-21-10-9-14-11-23(12-19(14)21)22(25)26-13-20-17-7-3-1-5-15(17)16-6-2-4-8-18(16)20/h1-8,14,19-21,24H,9-13H2/t14-,19+,21-/m1/s1. The molecule has 1 saturated heterocycles. The Morgan fingerprint density at radius 1 is 1.00 bits per heavy atom. The number of aliphatic hydroxyl groups excluding tert-OH is 1. The highest BCUT2D eigenvalue weighted by Gasteiger charge is 2.44. The van der Waals surface area contributed by atoms with Crippen molar-refractivity contribution in [2.45, 2.75) is 24.9 Å². The van der Waals surface area contributed by atoms with Crippen molar-refractivity contribution < 1.29 is 14.6 Å². The van der Waals surface area contributed by atoms with Crippen molar-refractivity contribution in [2.24, 2.45) is 11.8 Å². The minimum atomic E-state index is -0.258. The molecule has 2 aromatic rings. The lowest BCUT2D eigenvalue weighted by Crippen LogP contribution is -2.32. The Kier molecular flexibility index (Phi) is 3.75. The molecule has 1 saturated carbocycles. The van der Waals surface area contributed by atoms with E-state index in [-0.39, 0.29) is 24.0 Å². The maximum absolute atomic E-state index is 12.6. The number of likely N-dealkylation sites (tertiary alicyclic amines) is 1. The van der Waals surface area contributed by atoms with E-state index in [1.807, 2.05) is 12.1 Å². The SMILES string of the molecule is O=C(OCC1c2ccccc2-c2ccccc21)N1C[C@H]2CC[C@@H](O)[C@H]2C1. The van der Waals surface area contributed by atoms with E-state index in [0.29, 0.717) is 19.1 Å². The number of carbonyl (C=O) groups excluding carboxylic acids is 1. The van der Waals surface area contributed by atoms with Crippen molar-refractivity contribution in [3.63, 3.8) is 0 Å². The molecule has 4 heteroatoms. The molecule has 0 radical (unpaired) electrons. The predicted molar refractivity (Wildman–Crippen MR) is 98.9 cm³/mol. The number of benzene rings is 2. The minimum absolute atomic E-state index is 0.0963. The number of amides is 1. The molecule has 0 unspecified atom stereocenters. The third kappa shape index (κ3) is 2.43. The van der Waals surface area contributed by atoms with E-state index in [2.05, 4.69) is 36.4 Å². The number of fused-ring (bicyclic) bond motifs is 4. The fourth-order valence-electron chi connectivity index (χ4n) is 5.07. The Morgan fingerprint density at radius 3 is 2.31 bits per heavy atom. The highest BCUT2D eigenvalue weighted by molar-refractivity contribution is 5.79. The van der Waals surface area contributed by atoms with E-state index in [9.17, 15) is 9.90 Å². The first-order valence-electron chi connectivity index (χ1n) is 9.50. The highest BCUT2D eigenvalue weighted by atomic mass is 16.6. The van der Waals surface area contributed by atoms with Gasteiger partial charge in [-0.3, -0.25) is 0 Å². The third-order valence-electron chi connectivity index (χ3n) is 6.41. The Labute approximate surface area is 153 Å². The molecule has 0 spiro atoms. The quantitative estimate of drug-likeness (QED) is 0.901. The molecule has 2 aliphatic carbocycles. The summed E-state index contributed by atoms with van der Waals surface area (Å²) in [5.41, 5.74) is 4.94. The Balaban J connectivity index is 1.31. The van der Waals surface area contributed by atoms with E-state index < -0.39 is 0 Å². The molecule has 1 aliphatic heterocycles. The topological polar surface area (TPSA) is 49.8 Å². The van der Waals surface area contributed by atoms with Crippen LogP contribution in [0.1, 0.15) is 29.9 Å². The fraction of sp³-hybridized carbons (Fsp3) is 0.409.